The molecule has 5 heteroatoms. The van der Waals surface area contributed by atoms with Crippen LogP contribution in [0.4, 0.5) is 4.79 Å². The van der Waals surface area contributed by atoms with E-state index in [4.69, 9.17) is 0 Å². The van der Waals surface area contributed by atoms with E-state index in [-0.39, 0.29) is 6.03 Å². The largest absolute Gasteiger partial charge is 0.481 e. The molecule has 114 valence electrons. The molecule has 2 aliphatic heterocycles. The van der Waals surface area contributed by atoms with Crippen molar-refractivity contribution in [2.24, 2.45) is 5.41 Å². The fraction of sp³-hybridized carbons (Fsp3) is 0.867. The Balaban J connectivity index is 1.96. The molecule has 2 aliphatic rings. The molecular formula is C15H26N2O3. The maximum absolute atomic E-state index is 12.6. The van der Waals surface area contributed by atoms with Gasteiger partial charge in [-0.15, -0.1) is 0 Å². The van der Waals surface area contributed by atoms with Gasteiger partial charge in [0.25, 0.3) is 0 Å². The molecule has 1 N–H and O–H groups in total. The molecule has 1 atom stereocenters. The van der Waals surface area contributed by atoms with Crippen LogP contribution in [-0.2, 0) is 4.79 Å². The second kappa shape index (κ2) is 6.02. The van der Waals surface area contributed by atoms with Crippen molar-refractivity contribution in [2.45, 2.75) is 58.4 Å². The summed E-state index contributed by atoms with van der Waals surface area (Å²) in [6.07, 6.45) is 5.51. The van der Waals surface area contributed by atoms with E-state index < -0.39 is 11.4 Å². The number of rotatable bonds is 2. The van der Waals surface area contributed by atoms with Gasteiger partial charge in [-0.25, -0.2) is 4.79 Å². The molecule has 2 amide bonds. The van der Waals surface area contributed by atoms with Crippen molar-refractivity contribution < 1.29 is 14.7 Å². The number of hydrogen-bond donors (Lipinski definition) is 1. The second-order valence-electron chi connectivity index (χ2n) is 6.39. The number of carboxylic acids is 1. The van der Waals surface area contributed by atoms with Crippen LogP contribution in [0.5, 0.6) is 0 Å². The molecule has 1 unspecified atom stereocenters. The number of carboxylic acid groups (broad SMARTS) is 1. The third-order valence-corrected chi connectivity index (χ3v) is 5.00. The van der Waals surface area contributed by atoms with Crippen molar-refractivity contribution in [1.82, 2.24) is 9.80 Å². The molecule has 5 nitrogen and oxygen atoms in total. The van der Waals surface area contributed by atoms with Crippen molar-refractivity contribution in [1.29, 1.82) is 0 Å². The standard InChI is InChI=1S/C15H26N2O3/c1-3-12-6-4-5-9-17(12)14(20)16-10-7-15(2,8-11-16)13(18)19/h12H,3-11H2,1-2H3,(H,18,19). The first-order valence-electron chi connectivity index (χ1n) is 7.77. The van der Waals surface area contributed by atoms with E-state index in [9.17, 15) is 14.7 Å². The first-order chi connectivity index (χ1) is 9.48. The highest BCUT2D eigenvalue weighted by atomic mass is 16.4. The number of piperidine rings is 2. The summed E-state index contributed by atoms with van der Waals surface area (Å²) in [6.45, 7) is 5.90. The average molecular weight is 282 g/mol. The van der Waals surface area contributed by atoms with Crippen LogP contribution in [-0.4, -0.2) is 52.6 Å². The maximum atomic E-state index is 12.6. The van der Waals surface area contributed by atoms with Gasteiger partial charge in [-0.3, -0.25) is 4.79 Å². The van der Waals surface area contributed by atoms with E-state index in [2.05, 4.69) is 6.92 Å². The van der Waals surface area contributed by atoms with E-state index in [1.165, 1.54) is 6.42 Å². The molecule has 0 aliphatic carbocycles. The SMILES string of the molecule is CCC1CCCCN1C(=O)N1CCC(C)(C(=O)O)CC1. The Kier molecular flexibility index (Phi) is 4.55. The molecule has 0 aromatic carbocycles. The van der Waals surface area contributed by atoms with Crippen LogP contribution in [0.3, 0.4) is 0 Å². The Morgan fingerprint density at radius 1 is 1.20 bits per heavy atom. The first-order valence-corrected chi connectivity index (χ1v) is 7.77. The van der Waals surface area contributed by atoms with Gasteiger partial charge in [-0.1, -0.05) is 6.92 Å². The third-order valence-electron chi connectivity index (χ3n) is 5.00. The van der Waals surface area contributed by atoms with Crippen LogP contribution in [0.2, 0.25) is 0 Å². The molecule has 0 spiro atoms. The fourth-order valence-corrected chi connectivity index (χ4v) is 3.26. The van der Waals surface area contributed by atoms with Crippen LogP contribution < -0.4 is 0 Å². The number of likely N-dealkylation sites (tertiary alicyclic amines) is 2. The number of amides is 2. The number of urea groups is 1. The second-order valence-corrected chi connectivity index (χ2v) is 6.39. The van der Waals surface area contributed by atoms with Crippen molar-refractivity contribution in [3.05, 3.63) is 0 Å². The number of carbonyl (C=O) groups is 2. The number of aliphatic carboxylic acids is 1. The molecular weight excluding hydrogens is 256 g/mol. The smallest absolute Gasteiger partial charge is 0.320 e. The Morgan fingerprint density at radius 2 is 1.85 bits per heavy atom. The molecule has 2 saturated heterocycles. The van der Waals surface area contributed by atoms with Gasteiger partial charge in [0.15, 0.2) is 0 Å². The number of carbonyl (C=O) groups excluding carboxylic acids is 1. The topological polar surface area (TPSA) is 60.9 Å². The average Bonchev–Trinajstić information content (AvgIpc) is 2.47. The highest BCUT2D eigenvalue weighted by molar-refractivity contribution is 5.77. The quantitative estimate of drug-likeness (QED) is 0.846. The molecule has 2 rings (SSSR count). The van der Waals surface area contributed by atoms with E-state index in [1.807, 2.05) is 9.80 Å². The van der Waals surface area contributed by atoms with Crippen LogP contribution in [0.1, 0.15) is 52.4 Å². The Bertz CT molecular complexity index is 375. The molecule has 0 aromatic rings. The summed E-state index contributed by atoms with van der Waals surface area (Å²) in [4.78, 5) is 27.7. The van der Waals surface area contributed by atoms with E-state index in [0.29, 0.717) is 32.0 Å². The van der Waals surface area contributed by atoms with Gasteiger partial charge in [0.05, 0.1) is 5.41 Å². The molecule has 2 heterocycles. The van der Waals surface area contributed by atoms with Crippen LogP contribution in [0.25, 0.3) is 0 Å². The molecule has 2 fully saturated rings. The zero-order chi connectivity index (χ0) is 14.8. The molecule has 0 aromatic heterocycles. The third kappa shape index (κ3) is 2.91. The van der Waals surface area contributed by atoms with Gasteiger partial charge in [0.1, 0.15) is 0 Å². The molecule has 20 heavy (non-hydrogen) atoms. The van der Waals surface area contributed by atoms with Crippen molar-refractivity contribution >= 4 is 12.0 Å². The summed E-state index contributed by atoms with van der Waals surface area (Å²) in [6, 6.07) is 0.480. The van der Waals surface area contributed by atoms with Crippen molar-refractivity contribution in [3.63, 3.8) is 0 Å². The molecule has 0 saturated carbocycles. The Hall–Kier alpha value is -1.26. The lowest BCUT2D eigenvalue weighted by atomic mass is 9.80. The van der Waals surface area contributed by atoms with Gasteiger partial charge < -0.3 is 14.9 Å². The van der Waals surface area contributed by atoms with Crippen LogP contribution in [0, 0.1) is 5.41 Å². The summed E-state index contributed by atoms with van der Waals surface area (Å²) in [5.74, 6) is -0.742. The fourth-order valence-electron chi connectivity index (χ4n) is 3.26. The van der Waals surface area contributed by atoms with Gasteiger partial charge in [-0.05, 0) is 45.4 Å². The van der Waals surface area contributed by atoms with Gasteiger partial charge in [0.2, 0.25) is 0 Å². The first kappa shape index (κ1) is 15.1. The summed E-state index contributed by atoms with van der Waals surface area (Å²) in [5.41, 5.74) is -0.664. The number of nitrogens with zero attached hydrogens (tertiary/aromatic N) is 2. The van der Waals surface area contributed by atoms with E-state index in [0.717, 1.165) is 25.8 Å². The normalized spacial score (nSPS) is 26.4. The van der Waals surface area contributed by atoms with Gasteiger partial charge in [0, 0.05) is 25.7 Å². The summed E-state index contributed by atoms with van der Waals surface area (Å²) in [5, 5.41) is 9.24. The van der Waals surface area contributed by atoms with Crippen molar-refractivity contribution in [2.75, 3.05) is 19.6 Å². The zero-order valence-corrected chi connectivity index (χ0v) is 12.6. The summed E-state index contributed by atoms with van der Waals surface area (Å²) in [7, 11) is 0. The van der Waals surface area contributed by atoms with E-state index in [1.54, 1.807) is 6.92 Å². The highest BCUT2D eigenvalue weighted by Crippen LogP contribution is 2.32. The summed E-state index contributed by atoms with van der Waals surface area (Å²) < 4.78 is 0. The predicted molar refractivity (Wildman–Crippen MR) is 76.6 cm³/mol. The van der Waals surface area contributed by atoms with Gasteiger partial charge in [-0.2, -0.15) is 0 Å². The van der Waals surface area contributed by atoms with E-state index >= 15 is 0 Å². The number of hydrogen-bond acceptors (Lipinski definition) is 2. The molecule has 0 bridgehead atoms. The lowest BCUT2D eigenvalue weighted by molar-refractivity contribution is -0.150. The summed E-state index contributed by atoms with van der Waals surface area (Å²) >= 11 is 0. The van der Waals surface area contributed by atoms with Gasteiger partial charge >= 0.3 is 12.0 Å². The minimum Gasteiger partial charge on any atom is -0.481 e. The van der Waals surface area contributed by atoms with Crippen LogP contribution >= 0.6 is 0 Å². The van der Waals surface area contributed by atoms with Crippen molar-refractivity contribution in [3.8, 4) is 0 Å². The minimum absolute atomic E-state index is 0.115. The monoisotopic (exact) mass is 282 g/mol. The maximum Gasteiger partial charge on any atom is 0.320 e. The zero-order valence-electron chi connectivity index (χ0n) is 12.6. The molecule has 0 radical (unpaired) electrons. The minimum atomic E-state index is -0.742. The Morgan fingerprint density at radius 3 is 2.40 bits per heavy atom. The lowest BCUT2D eigenvalue weighted by Gasteiger charge is -2.42. The Labute approximate surface area is 120 Å². The van der Waals surface area contributed by atoms with Crippen LogP contribution in [0.15, 0.2) is 0 Å². The predicted octanol–water partition coefficient (Wildman–Crippen LogP) is 2.56. The highest BCUT2D eigenvalue weighted by Gasteiger charge is 2.39. The lowest BCUT2D eigenvalue weighted by Crippen LogP contribution is -2.53.